The molecular weight excluding hydrogens is 460 g/mol. The molecule has 1 aliphatic rings. The molecule has 0 aliphatic carbocycles. The van der Waals surface area contributed by atoms with Crippen molar-refractivity contribution in [1.82, 2.24) is 10.2 Å². The van der Waals surface area contributed by atoms with E-state index in [1.165, 1.54) is 11.1 Å². The van der Waals surface area contributed by atoms with Crippen LogP contribution >= 0.6 is 0 Å². The molecule has 0 atom stereocenters. The van der Waals surface area contributed by atoms with E-state index in [1.807, 2.05) is 48.6 Å². The number of methoxy groups -OCH3 is 1. The Morgan fingerprint density at radius 1 is 0.946 bits per heavy atom. The predicted octanol–water partition coefficient (Wildman–Crippen LogP) is 5.65. The third kappa shape index (κ3) is 8.45. The van der Waals surface area contributed by atoms with Crippen LogP contribution in [0.4, 0.5) is 0 Å². The van der Waals surface area contributed by atoms with Crippen molar-refractivity contribution in [3.05, 3.63) is 120 Å². The van der Waals surface area contributed by atoms with E-state index in [4.69, 9.17) is 9.47 Å². The van der Waals surface area contributed by atoms with Gasteiger partial charge in [-0.15, -0.1) is 0 Å². The summed E-state index contributed by atoms with van der Waals surface area (Å²) in [7, 11) is 1.65. The molecule has 1 fully saturated rings. The third-order valence-electron chi connectivity index (χ3n) is 6.54. The van der Waals surface area contributed by atoms with Crippen molar-refractivity contribution < 1.29 is 14.3 Å². The van der Waals surface area contributed by atoms with Gasteiger partial charge in [-0.05, 0) is 41.7 Å². The van der Waals surface area contributed by atoms with Gasteiger partial charge in [0, 0.05) is 32.3 Å². The zero-order valence-electron chi connectivity index (χ0n) is 21.5. The molecule has 192 valence electrons. The smallest absolute Gasteiger partial charge is 0.244 e. The second kappa shape index (κ2) is 14.2. The van der Waals surface area contributed by atoms with Gasteiger partial charge in [0.25, 0.3) is 0 Å². The molecule has 1 heterocycles. The number of amides is 1. The lowest BCUT2D eigenvalue weighted by Gasteiger charge is -2.34. The fourth-order valence-corrected chi connectivity index (χ4v) is 4.52. The summed E-state index contributed by atoms with van der Waals surface area (Å²) in [5, 5.41) is 2.98. The first-order valence-corrected chi connectivity index (χ1v) is 13.0. The second-order valence-corrected chi connectivity index (χ2v) is 9.16. The van der Waals surface area contributed by atoms with E-state index in [-0.39, 0.29) is 18.1 Å². The number of allylic oxidation sites excluding steroid dienone is 2. The maximum Gasteiger partial charge on any atom is 0.244 e. The SMILES string of the molecule is COc1cccc(C=CC=CC(=O)NCCN2CCC(OC(c3ccccc3)c3ccccc3)CC2)c1. The highest BCUT2D eigenvalue weighted by molar-refractivity contribution is 5.87. The summed E-state index contributed by atoms with van der Waals surface area (Å²) in [6.45, 7) is 3.41. The largest absolute Gasteiger partial charge is 0.497 e. The fraction of sp³-hybridized carbons (Fsp3) is 0.281. The number of nitrogens with zero attached hydrogens (tertiary/aromatic N) is 1. The van der Waals surface area contributed by atoms with Gasteiger partial charge in [0.1, 0.15) is 11.9 Å². The molecule has 0 radical (unpaired) electrons. The number of piperidine rings is 1. The molecule has 5 heteroatoms. The van der Waals surface area contributed by atoms with Gasteiger partial charge in [-0.1, -0.05) is 91.0 Å². The summed E-state index contributed by atoms with van der Waals surface area (Å²) < 4.78 is 11.9. The maximum atomic E-state index is 12.1. The maximum absolute atomic E-state index is 12.1. The zero-order valence-corrected chi connectivity index (χ0v) is 21.5. The Labute approximate surface area is 220 Å². The van der Waals surface area contributed by atoms with Gasteiger partial charge in [0.15, 0.2) is 0 Å². The van der Waals surface area contributed by atoms with Crippen LogP contribution in [0.3, 0.4) is 0 Å². The van der Waals surface area contributed by atoms with Crippen LogP contribution in [0, 0.1) is 0 Å². The lowest BCUT2D eigenvalue weighted by Crippen LogP contribution is -2.41. The number of hydrogen-bond donors (Lipinski definition) is 1. The van der Waals surface area contributed by atoms with Crippen LogP contribution in [0.25, 0.3) is 6.08 Å². The van der Waals surface area contributed by atoms with Crippen molar-refractivity contribution >= 4 is 12.0 Å². The fourth-order valence-electron chi connectivity index (χ4n) is 4.52. The van der Waals surface area contributed by atoms with E-state index in [9.17, 15) is 4.79 Å². The summed E-state index contributed by atoms with van der Waals surface area (Å²) in [6.07, 6.45) is 9.25. The van der Waals surface area contributed by atoms with Crippen LogP contribution in [0.15, 0.2) is 103 Å². The Morgan fingerprint density at radius 2 is 1.62 bits per heavy atom. The van der Waals surface area contributed by atoms with Crippen molar-refractivity contribution in [3.8, 4) is 5.75 Å². The Kier molecular flexibility index (Phi) is 10.1. The van der Waals surface area contributed by atoms with E-state index in [1.54, 1.807) is 19.3 Å². The summed E-state index contributed by atoms with van der Waals surface area (Å²) in [5.41, 5.74) is 3.39. The van der Waals surface area contributed by atoms with Crippen molar-refractivity contribution in [1.29, 1.82) is 0 Å². The van der Waals surface area contributed by atoms with Gasteiger partial charge in [-0.2, -0.15) is 0 Å². The Hall–Kier alpha value is -3.67. The number of carbonyl (C=O) groups excluding carboxylic acids is 1. The molecule has 1 amide bonds. The number of nitrogens with one attached hydrogen (secondary N) is 1. The molecule has 1 N–H and O–H groups in total. The molecule has 5 nitrogen and oxygen atoms in total. The van der Waals surface area contributed by atoms with Gasteiger partial charge in [0.05, 0.1) is 13.2 Å². The van der Waals surface area contributed by atoms with Gasteiger partial charge in [-0.3, -0.25) is 4.79 Å². The summed E-state index contributed by atoms with van der Waals surface area (Å²) in [6, 6.07) is 28.7. The van der Waals surface area contributed by atoms with Crippen LogP contribution in [0.5, 0.6) is 5.75 Å². The molecule has 3 aromatic rings. The second-order valence-electron chi connectivity index (χ2n) is 9.16. The van der Waals surface area contributed by atoms with E-state index in [0.717, 1.165) is 43.8 Å². The minimum Gasteiger partial charge on any atom is -0.497 e. The Balaban J connectivity index is 1.18. The summed E-state index contributed by atoms with van der Waals surface area (Å²) >= 11 is 0. The topological polar surface area (TPSA) is 50.8 Å². The van der Waals surface area contributed by atoms with E-state index in [0.29, 0.717) is 6.54 Å². The minimum absolute atomic E-state index is 0.0528. The first-order chi connectivity index (χ1) is 18.2. The van der Waals surface area contributed by atoms with Crippen molar-refractivity contribution in [2.75, 3.05) is 33.3 Å². The lowest BCUT2D eigenvalue weighted by atomic mass is 10.00. The van der Waals surface area contributed by atoms with Crippen molar-refractivity contribution in [2.45, 2.75) is 25.0 Å². The Morgan fingerprint density at radius 3 is 2.27 bits per heavy atom. The molecule has 37 heavy (non-hydrogen) atoms. The number of likely N-dealkylation sites (tertiary alicyclic amines) is 1. The van der Waals surface area contributed by atoms with Crippen LogP contribution in [-0.4, -0.2) is 50.2 Å². The number of benzene rings is 3. The van der Waals surface area contributed by atoms with Gasteiger partial charge < -0.3 is 19.7 Å². The molecule has 0 aromatic heterocycles. The van der Waals surface area contributed by atoms with Crippen LogP contribution in [0.2, 0.25) is 0 Å². The predicted molar refractivity (Wildman–Crippen MR) is 149 cm³/mol. The molecule has 0 saturated carbocycles. The standard InChI is InChI=1S/C32H36N2O3/c1-36-30-17-10-12-26(25-30)11-8-9-18-31(35)33-21-24-34-22-19-29(20-23-34)37-32(27-13-4-2-5-14-27)28-15-6-3-7-16-28/h2-18,25,29,32H,19-24H2,1H3,(H,33,35). The van der Waals surface area contributed by atoms with Gasteiger partial charge >= 0.3 is 0 Å². The lowest BCUT2D eigenvalue weighted by molar-refractivity contribution is -0.116. The van der Waals surface area contributed by atoms with Crippen LogP contribution in [0.1, 0.15) is 35.6 Å². The van der Waals surface area contributed by atoms with Gasteiger partial charge in [-0.25, -0.2) is 0 Å². The monoisotopic (exact) mass is 496 g/mol. The molecule has 0 spiro atoms. The highest BCUT2D eigenvalue weighted by Gasteiger charge is 2.24. The number of rotatable bonds is 11. The highest BCUT2D eigenvalue weighted by atomic mass is 16.5. The van der Waals surface area contributed by atoms with E-state index in [2.05, 4.69) is 58.7 Å². The van der Waals surface area contributed by atoms with Crippen molar-refractivity contribution in [3.63, 3.8) is 0 Å². The van der Waals surface area contributed by atoms with Crippen LogP contribution < -0.4 is 10.1 Å². The molecule has 0 unspecified atom stereocenters. The normalized spacial score (nSPS) is 15.0. The molecule has 3 aromatic carbocycles. The van der Waals surface area contributed by atoms with Gasteiger partial charge in [0.2, 0.25) is 5.91 Å². The highest BCUT2D eigenvalue weighted by Crippen LogP contribution is 2.29. The Bertz CT molecular complexity index is 1110. The number of carbonyl (C=O) groups is 1. The minimum atomic E-state index is -0.0814. The van der Waals surface area contributed by atoms with Crippen molar-refractivity contribution in [2.24, 2.45) is 0 Å². The average Bonchev–Trinajstić information content (AvgIpc) is 2.96. The third-order valence-corrected chi connectivity index (χ3v) is 6.54. The number of ether oxygens (including phenoxy) is 2. The first-order valence-electron chi connectivity index (χ1n) is 13.0. The zero-order chi connectivity index (χ0) is 25.7. The first kappa shape index (κ1) is 26.4. The van der Waals surface area contributed by atoms with Crippen LogP contribution in [-0.2, 0) is 9.53 Å². The number of hydrogen-bond acceptors (Lipinski definition) is 4. The average molecular weight is 497 g/mol. The quantitative estimate of drug-likeness (QED) is 0.275. The molecular formula is C32H36N2O3. The summed E-state index contributed by atoms with van der Waals surface area (Å²) in [4.78, 5) is 14.5. The molecule has 1 saturated heterocycles. The molecule has 1 aliphatic heterocycles. The molecule has 0 bridgehead atoms. The summed E-state index contributed by atoms with van der Waals surface area (Å²) in [5.74, 6) is 0.730. The molecule has 4 rings (SSSR count). The van der Waals surface area contributed by atoms with E-state index < -0.39 is 0 Å². The van der Waals surface area contributed by atoms with E-state index >= 15 is 0 Å².